The Morgan fingerprint density at radius 3 is 2.91 bits per heavy atom. The predicted molar refractivity (Wildman–Crippen MR) is 86.8 cm³/mol. The monoisotopic (exact) mass is 326 g/mol. The molecule has 1 aromatic rings. The van der Waals surface area contributed by atoms with Gasteiger partial charge in [-0.2, -0.15) is 0 Å². The standard InChI is InChI=1S/C15H26N4O2S/c1-12-5-8-18(9-6-12)14(20)13(2)22-15-17-16-11-19(15)7-4-10-21-3/h11-13H,4-10H2,1-3H3. The van der Waals surface area contributed by atoms with E-state index in [-0.39, 0.29) is 11.2 Å². The molecule has 0 spiro atoms. The first-order valence-electron chi connectivity index (χ1n) is 7.94. The number of carbonyl (C=O) groups is 1. The average molecular weight is 326 g/mol. The molecule has 0 saturated carbocycles. The van der Waals surface area contributed by atoms with Gasteiger partial charge in [0.25, 0.3) is 0 Å². The summed E-state index contributed by atoms with van der Waals surface area (Å²) in [5, 5.41) is 8.78. The summed E-state index contributed by atoms with van der Waals surface area (Å²) in [5.41, 5.74) is 0. The summed E-state index contributed by atoms with van der Waals surface area (Å²) >= 11 is 1.49. The second-order valence-corrected chi connectivity index (χ2v) is 7.23. The highest BCUT2D eigenvalue weighted by atomic mass is 32.2. The maximum Gasteiger partial charge on any atom is 0.235 e. The molecule has 1 saturated heterocycles. The van der Waals surface area contributed by atoms with Crippen molar-refractivity contribution in [3.63, 3.8) is 0 Å². The molecule has 2 heterocycles. The Hall–Kier alpha value is -1.08. The molecule has 0 aliphatic carbocycles. The second kappa shape index (κ2) is 8.53. The van der Waals surface area contributed by atoms with Gasteiger partial charge in [0.1, 0.15) is 6.33 Å². The molecular formula is C15H26N4O2S. The van der Waals surface area contributed by atoms with Crippen LogP contribution in [0.4, 0.5) is 0 Å². The van der Waals surface area contributed by atoms with Crippen molar-refractivity contribution in [2.75, 3.05) is 26.8 Å². The van der Waals surface area contributed by atoms with E-state index in [1.54, 1.807) is 13.4 Å². The van der Waals surface area contributed by atoms with E-state index in [4.69, 9.17) is 4.74 Å². The largest absolute Gasteiger partial charge is 0.385 e. The van der Waals surface area contributed by atoms with Crippen molar-refractivity contribution in [1.82, 2.24) is 19.7 Å². The fraction of sp³-hybridized carbons (Fsp3) is 0.800. The van der Waals surface area contributed by atoms with Gasteiger partial charge in [0.05, 0.1) is 5.25 Å². The number of piperidine rings is 1. The Morgan fingerprint density at radius 1 is 1.50 bits per heavy atom. The van der Waals surface area contributed by atoms with Crippen molar-refractivity contribution in [1.29, 1.82) is 0 Å². The number of likely N-dealkylation sites (tertiary alicyclic amines) is 1. The third-order valence-corrected chi connectivity index (χ3v) is 5.13. The number of rotatable bonds is 7. The van der Waals surface area contributed by atoms with E-state index in [0.29, 0.717) is 6.61 Å². The zero-order valence-electron chi connectivity index (χ0n) is 13.7. The van der Waals surface area contributed by atoms with E-state index in [1.165, 1.54) is 11.8 Å². The highest BCUT2D eigenvalue weighted by Gasteiger charge is 2.26. The van der Waals surface area contributed by atoms with Gasteiger partial charge in [0, 0.05) is 33.4 Å². The first-order chi connectivity index (χ1) is 10.6. The molecule has 0 N–H and O–H groups in total. The van der Waals surface area contributed by atoms with Crippen molar-refractivity contribution in [3.8, 4) is 0 Å². The zero-order valence-corrected chi connectivity index (χ0v) is 14.5. The molecule has 1 amide bonds. The summed E-state index contributed by atoms with van der Waals surface area (Å²) in [5.74, 6) is 0.944. The first kappa shape index (κ1) is 17.3. The van der Waals surface area contributed by atoms with Crippen LogP contribution in [0.15, 0.2) is 11.5 Å². The molecule has 1 aliphatic rings. The van der Waals surface area contributed by atoms with Gasteiger partial charge >= 0.3 is 0 Å². The minimum atomic E-state index is -0.126. The van der Waals surface area contributed by atoms with Crippen LogP contribution in [0.3, 0.4) is 0 Å². The molecule has 1 aromatic heterocycles. The lowest BCUT2D eigenvalue weighted by atomic mass is 9.99. The van der Waals surface area contributed by atoms with Crippen molar-refractivity contribution in [2.24, 2.45) is 5.92 Å². The summed E-state index contributed by atoms with van der Waals surface area (Å²) in [4.78, 5) is 14.5. The van der Waals surface area contributed by atoms with Crippen LogP contribution >= 0.6 is 11.8 Å². The smallest absolute Gasteiger partial charge is 0.235 e. The molecule has 2 rings (SSSR count). The Morgan fingerprint density at radius 2 is 2.23 bits per heavy atom. The third-order valence-electron chi connectivity index (χ3n) is 4.05. The number of amides is 1. The first-order valence-corrected chi connectivity index (χ1v) is 8.82. The molecule has 1 atom stereocenters. The second-order valence-electron chi connectivity index (χ2n) is 5.92. The number of methoxy groups -OCH3 is 1. The summed E-state index contributed by atoms with van der Waals surface area (Å²) < 4.78 is 7.06. The number of aryl methyl sites for hydroxylation is 1. The Bertz CT molecular complexity index is 472. The van der Waals surface area contributed by atoms with E-state index in [1.807, 2.05) is 16.4 Å². The van der Waals surface area contributed by atoms with Crippen LogP contribution in [0.2, 0.25) is 0 Å². The van der Waals surface area contributed by atoms with Crippen LogP contribution in [-0.4, -0.2) is 57.6 Å². The van der Waals surface area contributed by atoms with Crippen LogP contribution in [0, 0.1) is 5.92 Å². The van der Waals surface area contributed by atoms with Gasteiger partial charge in [-0.3, -0.25) is 4.79 Å². The Kier molecular flexibility index (Phi) is 6.70. The van der Waals surface area contributed by atoms with Gasteiger partial charge in [-0.05, 0) is 32.1 Å². The normalized spacial score (nSPS) is 17.7. The van der Waals surface area contributed by atoms with Crippen LogP contribution in [0.5, 0.6) is 0 Å². The Balaban J connectivity index is 1.87. The number of aromatic nitrogens is 3. The maximum absolute atomic E-state index is 12.5. The predicted octanol–water partition coefficient (Wildman–Crippen LogP) is 2.05. The van der Waals surface area contributed by atoms with Gasteiger partial charge in [-0.15, -0.1) is 10.2 Å². The van der Waals surface area contributed by atoms with Gasteiger partial charge in [-0.25, -0.2) is 0 Å². The lowest BCUT2D eigenvalue weighted by Gasteiger charge is -2.31. The fourth-order valence-corrected chi connectivity index (χ4v) is 3.50. The third kappa shape index (κ3) is 4.71. The van der Waals surface area contributed by atoms with Crippen LogP contribution < -0.4 is 0 Å². The number of ether oxygens (including phenoxy) is 1. The molecule has 1 aliphatic heterocycles. The molecule has 1 fully saturated rings. The number of thioether (sulfide) groups is 1. The van der Waals surface area contributed by atoms with Crippen LogP contribution in [-0.2, 0) is 16.1 Å². The Labute approximate surface area is 136 Å². The van der Waals surface area contributed by atoms with Crippen LogP contribution in [0.1, 0.15) is 33.1 Å². The summed E-state index contributed by atoms with van der Waals surface area (Å²) in [6, 6.07) is 0. The molecule has 1 unspecified atom stereocenters. The molecule has 6 nitrogen and oxygen atoms in total. The molecule has 0 bridgehead atoms. The minimum absolute atomic E-state index is 0.126. The molecule has 0 aromatic carbocycles. The van der Waals surface area contributed by atoms with Crippen molar-refractivity contribution < 1.29 is 9.53 Å². The van der Waals surface area contributed by atoms with Crippen molar-refractivity contribution in [2.45, 2.75) is 50.1 Å². The highest BCUT2D eigenvalue weighted by Crippen LogP contribution is 2.25. The molecule has 7 heteroatoms. The quantitative estimate of drug-likeness (QED) is 0.567. The number of carbonyl (C=O) groups excluding carboxylic acids is 1. The average Bonchev–Trinajstić information content (AvgIpc) is 2.95. The summed E-state index contributed by atoms with van der Waals surface area (Å²) in [6.07, 6.45) is 4.85. The molecule has 22 heavy (non-hydrogen) atoms. The summed E-state index contributed by atoms with van der Waals surface area (Å²) in [7, 11) is 1.70. The molecular weight excluding hydrogens is 300 g/mol. The molecule has 124 valence electrons. The van der Waals surface area contributed by atoms with Gasteiger partial charge in [0.2, 0.25) is 5.91 Å². The zero-order chi connectivity index (χ0) is 15.9. The van der Waals surface area contributed by atoms with E-state index in [9.17, 15) is 4.79 Å². The van der Waals surface area contributed by atoms with Gasteiger partial charge in [-0.1, -0.05) is 18.7 Å². The topological polar surface area (TPSA) is 60.2 Å². The maximum atomic E-state index is 12.5. The highest BCUT2D eigenvalue weighted by molar-refractivity contribution is 8.00. The number of nitrogens with zero attached hydrogens (tertiary/aromatic N) is 4. The van der Waals surface area contributed by atoms with E-state index >= 15 is 0 Å². The van der Waals surface area contributed by atoms with E-state index < -0.39 is 0 Å². The number of hydrogen-bond acceptors (Lipinski definition) is 5. The van der Waals surface area contributed by atoms with E-state index in [2.05, 4.69) is 17.1 Å². The van der Waals surface area contributed by atoms with E-state index in [0.717, 1.165) is 50.0 Å². The molecule has 0 radical (unpaired) electrons. The minimum Gasteiger partial charge on any atom is -0.385 e. The van der Waals surface area contributed by atoms with Gasteiger partial charge in [0.15, 0.2) is 5.16 Å². The van der Waals surface area contributed by atoms with Gasteiger partial charge < -0.3 is 14.2 Å². The van der Waals surface area contributed by atoms with Crippen molar-refractivity contribution in [3.05, 3.63) is 6.33 Å². The number of hydrogen-bond donors (Lipinski definition) is 0. The SMILES string of the molecule is COCCCn1cnnc1SC(C)C(=O)N1CCC(C)CC1. The van der Waals surface area contributed by atoms with Crippen molar-refractivity contribution >= 4 is 17.7 Å². The lowest BCUT2D eigenvalue weighted by Crippen LogP contribution is -2.41. The summed E-state index contributed by atoms with van der Waals surface area (Å²) in [6.45, 7) is 7.49. The van der Waals surface area contributed by atoms with Crippen LogP contribution in [0.25, 0.3) is 0 Å². The lowest BCUT2D eigenvalue weighted by molar-refractivity contribution is -0.131. The fourth-order valence-electron chi connectivity index (χ4n) is 2.56.